The number of carbonyl (C=O) groups excluding carboxylic acids is 1. The molecule has 6 nitrogen and oxygen atoms in total. The number of anilines is 2. The Balaban J connectivity index is 2.00. The Morgan fingerprint density at radius 1 is 1.50 bits per heavy atom. The van der Waals surface area contributed by atoms with Crippen molar-refractivity contribution in [2.75, 3.05) is 17.9 Å². The van der Waals surface area contributed by atoms with Gasteiger partial charge in [0.15, 0.2) is 5.13 Å². The highest BCUT2D eigenvalue weighted by atomic mass is 32.1. The Kier molecular flexibility index (Phi) is 4.54. The Bertz CT molecular complexity index is 612. The number of hydrazine groups is 1. The molecule has 4 N–H and O–H groups in total. The van der Waals surface area contributed by atoms with Crippen LogP contribution >= 0.6 is 11.3 Å². The van der Waals surface area contributed by atoms with E-state index in [9.17, 15) is 4.79 Å². The van der Waals surface area contributed by atoms with E-state index >= 15 is 0 Å². The number of nitrogens with one attached hydrogen (secondary N) is 2. The molecule has 20 heavy (non-hydrogen) atoms. The number of carbonyl (C=O) groups is 1. The zero-order valence-electron chi connectivity index (χ0n) is 11.3. The molecule has 0 aliphatic carbocycles. The molecular formula is C13H16N4O2S. The highest BCUT2D eigenvalue weighted by molar-refractivity contribution is 7.15. The SMILES string of the molecule is COc1ccc(NC(=O)Cc2cnc(NN)s2)c(C)c1. The van der Waals surface area contributed by atoms with Gasteiger partial charge in [-0.2, -0.15) is 0 Å². The van der Waals surface area contributed by atoms with Crippen LogP contribution in [0.15, 0.2) is 24.4 Å². The van der Waals surface area contributed by atoms with Crippen molar-refractivity contribution in [2.45, 2.75) is 13.3 Å². The molecule has 0 aliphatic rings. The minimum atomic E-state index is -0.0921. The summed E-state index contributed by atoms with van der Waals surface area (Å²) in [6.45, 7) is 1.92. The topological polar surface area (TPSA) is 89.3 Å². The van der Waals surface area contributed by atoms with E-state index in [2.05, 4.69) is 15.7 Å². The van der Waals surface area contributed by atoms with Crippen molar-refractivity contribution in [3.63, 3.8) is 0 Å². The van der Waals surface area contributed by atoms with Crippen LogP contribution in [0, 0.1) is 6.92 Å². The standard InChI is InChI=1S/C13H16N4O2S/c1-8-5-9(19-2)3-4-11(8)16-12(18)6-10-7-15-13(17-14)20-10/h3-5,7H,6,14H2,1-2H3,(H,15,17)(H,16,18). The van der Waals surface area contributed by atoms with Gasteiger partial charge in [0, 0.05) is 16.8 Å². The number of aromatic nitrogens is 1. The van der Waals surface area contributed by atoms with Gasteiger partial charge in [-0.3, -0.25) is 10.2 Å². The van der Waals surface area contributed by atoms with Crippen molar-refractivity contribution in [1.82, 2.24) is 4.98 Å². The quantitative estimate of drug-likeness (QED) is 0.579. The average Bonchev–Trinajstić information content (AvgIpc) is 2.88. The van der Waals surface area contributed by atoms with Crippen LogP contribution in [0.4, 0.5) is 10.8 Å². The molecule has 1 amide bonds. The zero-order valence-corrected chi connectivity index (χ0v) is 12.1. The fraction of sp³-hybridized carbons (Fsp3) is 0.231. The number of aryl methyl sites for hydroxylation is 1. The lowest BCUT2D eigenvalue weighted by molar-refractivity contribution is -0.115. The summed E-state index contributed by atoms with van der Waals surface area (Å²) in [6, 6.07) is 5.51. The first-order valence-electron chi connectivity index (χ1n) is 5.98. The molecule has 7 heteroatoms. The summed E-state index contributed by atoms with van der Waals surface area (Å²) in [5.74, 6) is 5.92. The monoisotopic (exact) mass is 292 g/mol. The van der Waals surface area contributed by atoms with E-state index in [1.54, 1.807) is 13.3 Å². The molecule has 1 aromatic heterocycles. The highest BCUT2D eigenvalue weighted by Gasteiger charge is 2.09. The number of nitrogens with zero attached hydrogens (tertiary/aromatic N) is 1. The summed E-state index contributed by atoms with van der Waals surface area (Å²) in [6.07, 6.45) is 1.91. The van der Waals surface area contributed by atoms with Gasteiger partial charge in [0.05, 0.1) is 13.5 Å². The molecule has 1 aromatic carbocycles. The number of hydrogen-bond acceptors (Lipinski definition) is 6. The third-order valence-electron chi connectivity index (χ3n) is 2.72. The van der Waals surface area contributed by atoms with E-state index in [1.165, 1.54) is 11.3 Å². The van der Waals surface area contributed by atoms with Crippen molar-refractivity contribution in [1.29, 1.82) is 0 Å². The van der Waals surface area contributed by atoms with Gasteiger partial charge >= 0.3 is 0 Å². The number of rotatable bonds is 5. The van der Waals surface area contributed by atoms with E-state index in [-0.39, 0.29) is 12.3 Å². The molecule has 0 spiro atoms. The molecule has 2 rings (SSSR count). The van der Waals surface area contributed by atoms with Crippen molar-refractivity contribution in [3.05, 3.63) is 34.8 Å². The Morgan fingerprint density at radius 3 is 2.90 bits per heavy atom. The summed E-state index contributed by atoms with van der Waals surface area (Å²) in [5, 5.41) is 3.46. The minimum Gasteiger partial charge on any atom is -0.497 e. The molecule has 0 saturated carbocycles. The molecule has 0 atom stereocenters. The minimum absolute atomic E-state index is 0.0921. The second-order valence-electron chi connectivity index (χ2n) is 4.18. The van der Waals surface area contributed by atoms with E-state index in [0.717, 1.165) is 21.9 Å². The maximum atomic E-state index is 12.0. The van der Waals surface area contributed by atoms with Crippen LogP contribution in [-0.2, 0) is 11.2 Å². The van der Waals surface area contributed by atoms with Gasteiger partial charge in [0.2, 0.25) is 5.91 Å². The summed E-state index contributed by atoms with van der Waals surface area (Å²) >= 11 is 1.35. The first kappa shape index (κ1) is 14.3. The Hall–Kier alpha value is -2.12. The van der Waals surface area contributed by atoms with Crippen molar-refractivity contribution >= 4 is 28.1 Å². The lowest BCUT2D eigenvalue weighted by atomic mass is 10.2. The second kappa shape index (κ2) is 6.36. The molecule has 0 bridgehead atoms. The van der Waals surface area contributed by atoms with Crippen LogP contribution < -0.4 is 21.3 Å². The van der Waals surface area contributed by atoms with Crippen LogP contribution in [-0.4, -0.2) is 18.0 Å². The molecule has 0 saturated heterocycles. The van der Waals surface area contributed by atoms with Crippen molar-refractivity contribution in [3.8, 4) is 5.75 Å². The van der Waals surface area contributed by atoms with Crippen molar-refractivity contribution < 1.29 is 9.53 Å². The van der Waals surface area contributed by atoms with Gasteiger partial charge in [-0.15, -0.1) is 11.3 Å². The molecular weight excluding hydrogens is 276 g/mol. The predicted molar refractivity (Wildman–Crippen MR) is 80.0 cm³/mol. The van der Waals surface area contributed by atoms with Crippen LogP contribution in [0.25, 0.3) is 0 Å². The molecule has 0 radical (unpaired) electrons. The van der Waals surface area contributed by atoms with Gasteiger partial charge in [0.25, 0.3) is 0 Å². The largest absolute Gasteiger partial charge is 0.497 e. The van der Waals surface area contributed by atoms with E-state index in [0.29, 0.717) is 5.13 Å². The summed E-state index contributed by atoms with van der Waals surface area (Å²) in [4.78, 5) is 16.8. The number of thiazole rings is 1. The van der Waals surface area contributed by atoms with Crippen LogP contribution in [0.1, 0.15) is 10.4 Å². The molecule has 0 fully saturated rings. The molecule has 2 aromatic rings. The van der Waals surface area contributed by atoms with Gasteiger partial charge in [0.1, 0.15) is 5.75 Å². The summed E-state index contributed by atoms with van der Waals surface area (Å²) in [5.41, 5.74) is 4.18. The van der Waals surface area contributed by atoms with Gasteiger partial charge in [-0.05, 0) is 30.7 Å². The Morgan fingerprint density at radius 2 is 2.30 bits per heavy atom. The third kappa shape index (κ3) is 3.46. The van der Waals surface area contributed by atoms with E-state index in [1.807, 2.05) is 25.1 Å². The molecule has 106 valence electrons. The van der Waals surface area contributed by atoms with Crippen LogP contribution in [0.2, 0.25) is 0 Å². The first-order chi connectivity index (χ1) is 9.62. The van der Waals surface area contributed by atoms with Gasteiger partial charge < -0.3 is 10.1 Å². The maximum absolute atomic E-state index is 12.0. The first-order valence-corrected chi connectivity index (χ1v) is 6.80. The highest BCUT2D eigenvalue weighted by Crippen LogP contribution is 2.22. The predicted octanol–water partition coefficient (Wildman–Crippen LogP) is 1.93. The van der Waals surface area contributed by atoms with Gasteiger partial charge in [-0.25, -0.2) is 10.8 Å². The average molecular weight is 292 g/mol. The molecule has 0 unspecified atom stereocenters. The fourth-order valence-corrected chi connectivity index (χ4v) is 2.43. The fourth-order valence-electron chi connectivity index (χ4n) is 1.71. The number of nitrogens with two attached hydrogens (primary N) is 1. The molecule has 1 heterocycles. The number of hydrogen-bond donors (Lipinski definition) is 3. The van der Waals surface area contributed by atoms with Crippen molar-refractivity contribution in [2.24, 2.45) is 5.84 Å². The lowest BCUT2D eigenvalue weighted by Crippen LogP contribution is -2.14. The number of ether oxygens (including phenoxy) is 1. The Labute approximate surface area is 120 Å². The summed E-state index contributed by atoms with van der Waals surface area (Å²) in [7, 11) is 1.61. The molecule has 0 aliphatic heterocycles. The van der Waals surface area contributed by atoms with Crippen LogP contribution in [0.3, 0.4) is 0 Å². The van der Waals surface area contributed by atoms with E-state index in [4.69, 9.17) is 10.6 Å². The number of amides is 1. The zero-order chi connectivity index (χ0) is 14.5. The maximum Gasteiger partial charge on any atom is 0.229 e. The van der Waals surface area contributed by atoms with E-state index < -0.39 is 0 Å². The smallest absolute Gasteiger partial charge is 0.229 e. The normalized spacial score (nSPS) is 10.2. The third-order valence-corrected chi connectivity index (χ3v) is 3.65. The van der Waals surface area contributed by atoms with Gasteiger partial charge in [-0.1, -0.05) is 0 Å². The summed E-state index contributed by atoms with van der Waals surface area (Å²) < 4.78 is 5.13. The van der Waals surface area contributed by atoms with Crippen LogP contribution in [0.5, 0.6) is 5.75 Å². The number of nitrogen functional groups attached to an aromatic ring is 1. The second-order valence-corrected chi connectivity index (χ2v) is 5.30. The number of methoxy groups -OCH3 is 1. The number of benzene rings is 1. The lowest BCUT2D eigenvalue weighted by Gasteiger charge is -2.09.